The number of halogens is 2. The number of aromatic carboxylic acids is 1. The van der Waals surface area contributed by atoms with E-state index in [-0.39, 0.29) is 21.3 Å². The fourth-order valence-electron chi connectivity index (χ4n) is 1.83. The highest BCUT2D eigenvalue weighted by molar-refractivity contribution is 7.92. The van der Waals surface area contributed by atoms with Gasteiger partial charge in [0.15, 0.2) is 0 Å². The number of carbonyl (C=O) groups is 1. The molecule has 0 aliphatic rings. The summed E-state index contributed by atoms with van der Waals surface area (Å²) in [4.78, 5) is 10.7. The third kappa shape index (κ3) is 3.69. The largest absolute Gasteiger partial charge is 0.495 e. The van der Waals surface area contributed by atoms with E-state index in [0.29, 0.717) is 5.75 Å². The quantitative estimate of drug-likeness (QED) is 0.833. The van der Waals surface area contributed by atoms with Gasteiger partial charge in [0.2, 0.25) is 0 Å². The maximum absolute atomic E-state index is 12.5. The van der Waals surface area contributed by atoms with E-state index in [1.165, 1.54) is 13.2 Å². The van der Waals surface area contributed by atoms with Crippen molar-refractivity contribution in [3.8, 4) is 5.75 Å². The second-order valence-corrected chi connectivity index (χ2v) is 6.84. The Balaban J connectivity index is 2.52. The molecule has 0 atom stereocenters. The van der Waals surface area contributed by atoms with E-state index in [0.717, 1.165) is 12.1 Å². The highest BCUT2D eigenvalue weighted by Gasteiger charge is 2.23. The zero-order chi connectivity index (χ0) is 17.2. The van der Waals surface area contributed by atoms with Gasteiger partial charge in [-0.1, -0.05) is 35.3 Å². The number of nitrogens with one attached hydrogen (secondary N) is 1. The molecular weight excluding hydrogens is 365 g/mol. The molecule has 2 aromatic carbocycles. The normalized spacial score (nSPS) is 11.1. The Bertz CT molecular complexity index is 867. The predicted molar refractivity (Wildman–Crippen MR) is 87.2 cm³/mol. The summed E-state index contributed by atoms with van der Waals surface area (Å²) in [6.45, 7) is 0. The number of hydrogen-bond donors (Lipinski definition) is 2. The molecule has 2 rings (SSSR count). The number of ether oxygens (including phenoxy) is 1. The molecule has 0 spiro atoms. The number of carboxylic acid groups (broad SMARTS) is 1. The number of anilines is 1. The van der Waals surface area contributed by atoms with Crippen LogP contribution in [0.5, 0.6) is 5.75 Å². The molecule has 23 heavy (non-hydrogen) atoms. The molecule has 0 amide bonds. The number of para-hydroxylation sites is 2. The van der Waals surface area contributed by atoms with Crippen LogP contribution >= 0.6 is 23.2 Å². The van der Waals surface area contributed by atoms with Gasteiger partial charge in [-0.25, -0.2) is 13.2 Å². The highest BCUT2D eigenvalue weighted by Crippen LogP contribution is 2.32. The zero-order valence-electron chi connectivity index (χ0n) is 11.7. The Labute approximate surface area is 142 Å². The summed E-state index contributed by atoms with van der Waals surface area (Å²) in [7, 11) is -2.74. The van der Waals surface area contributed by atoms with Crippen LogP contribution in [-0.4, -0.2) is 26.6 Å². The molecule has 9 heteroatoms. The topological polar surface area (TPSA) is 92.7 Å². The highest BCUT2D eigenvalue weighted by atomic mass is 35.5. The van der Waals surface area contributed by atoms with Gasteiger partial charge < -0.3 is 9.84 Å². The standard InChI is InChI=1S/C14H11Cl2NO5S/c1-22-12-5-3-2-4-11(12)17-23(20,21)13-6-8(14(18)19)9(15)7-10(13)16/h2-7,17H,1H3,(H,18,19). The van der Waals surface area contributed by atoms with Gasteiger partial charge in [-0.15, -0.1) is 0 Å². The molecule has 0 saturated heterocycles. The van der Waals surface area contributed by atoms with E-state index in [2.05, 4.69) is 4.72 Å². The summed E-state index contributed by atoms with van der Waals surface area (Å²) in [6, 6.07) is 8.34. The van der Waals surface area contributed by atoms with Gasteiger partial charge in [-0.3, -0.25) is 4.72 Å². The number of methoxy groups -OCH3 is 1. The molecule has 122 valence electrons. The van der Waals surface area contributed by atoms with Gasteiger partial charge in [-0.2, -0.15) is 0 Å². The smallest absolute Gasteiger partial charge is 0.337 e. The zero-order valence-corrected chi connectivity index (χ0v) is 14.0. The minimum Gasteiger partial charge on any atom is -0.495 e. The molecular formula is C14H11Cl2NO5S. The van der Waals surface area contributed by atoms with E-state index < -0.39 is 20.9 Å². The van der Waals surface area contributed by atoms with Crippen molar-refractivity contribution in [1.82, 2.24) is 0 Å². The SMILES string of the molecule is COc1ccccc1NS(=O)(=O)c1cc(C(=O)O)c(Cl)cc1Cl. The van der Waals surface area contributed by atoms with E-state index >= 15 is 0 Å². The van der Waals surface area contributed by atoms with Crippen molar-refractivity contribution < 1.29 is 23.1 Å². The number of carboxylic acids is 1. The predicted octanol–water partition coefficient (Wildman–Crippen LogP) is 3.50. The summed E-state index contributed by atoms with van der Waals surface area (Å²) in [5.41, 5.74) is -0.172. The van der Waals surface area contributed by atoms with E-state index in [9.17, 15) is 13.2 Å². The van der Waals surface area contributed by atoms with Crippen LogP contribution in [0.1, 0.15) is 10.4 Å². The number of hydrogen-bond acceptors (Lipinski definition) is 4. The Morgan fingerprint density at radius 1 is 1.17 bits per heavy atom. The molecule has 0 unspecified atom stereocenters. The summed E-state index contributed by atoms with van der Waals surface area (Å²) in [5, 5.41) is 8.71. The lowest BCUT2D eigenvalue weighted by Crippen LogP contribution is -2.15. The van der Waals surface area contributed by atoms with Crippen LogP contribution in [0.2, 0.25) is 10.0 Å². The maximum Gasteiger partial charge on any atom is 0.337 e. The average molecular weight is 376 g/mol. The van der Waals surface area contributed by atoms with Crippen LogP contribution in [0.3, 0.4) is 0 Å². The van der Waals surface area contributed by atoms with Crippen molar-refractivity contribution in [3.05, 3.63) is 52.0 Å². The maximum atomic E-state index is 12.5. The molecule has 0 fully saturated rings. The van der Waals surface area contributed by atoms with Crippen LogP contribution in [0.4, 0.5) is 5.69 Å². The molecule has 6 nitrogen and oxygen atoms in total. The number of rotatable bonds is 5. The lowest BCUT2D eigenvalue weighted by Gasteiger charge is -2.13. The van der Waals surface area contributed by atoms with E-state index in [1.807, 2.05) is 0 Å². The van der Waals surface area contributed by atoms with Crippen LogP contribution in [0.25, 0.3) is 0 Å². The summed E-state index contributed by atoms with van der Waals surface area (Å²) in [5.74, 6) is -1.06. The molecule has 0 aliphatic heterocycles. The Kier molecular flexibility index (Phi) is 5.03. The van der Waals surface area contributed by atoms with Gasteiger partial charge >= 0.3 is 5.97 Å². The van der Waals surface area contributed by atoms with Gasteiger partial charge in [0.25, 0.3) is 10.0 Å². The first-order chi connectivity index (χ1) is 10.8. The van der Waals surface area contributed by atoms with Crippen molar-refractivity contribution in [2.45, 2.75) is 4.90 Å². The second kappa shape index (κ2) is 6.66. The molecule has 0 radical (unpaired) electrons. The van der Waals surface area contributed by atoms with Gasteiger partial charge in [0, 0.05) is 0 Å². The monoisotopic (exact) mass is 375 g/mol. The van der Waals surface area contributed by atoms with Crippen molar-refractivity contribution >= 4 is 44.9 Å². The fourth-order valence-corrected chi connectivity index (χ4v) is 3.75. The first kappa shape index (κ1) is 17.4. The van der Waals surface area contributed by atoms with E-state index in [4.69, 9.17) is 33.0 Å². The van der Waals surface area contributed by atoms with Crippen molar-refractivity contribution in [3.63, 3.8) is 0 Å². The Morgan fingerprint density at radius 3 is 2.43 bits per heavy atom. The summed E-state index contributed by atoms with van der Waals surface area (Å²) >= 11 is 11.7. The third-order valence-corrected chi connectivity index (χ3v) is 5.04. The van der Waals surface area contributed by atoms with Crippen LogP contribution in [0.15, 0.2) is 41.3 Å². The Hall–Kier alpha value is -1.96. The number of benzene rings is 2. The molecule has 0 aromatic heterocycles. The Morgan fingerprint density at radius 2 is 1.83 bits per heavy atom. The van der Waals surface area contributed by atoms with Crippen molar-refractivity contribution in [2.75, 3.05) is 11.8 Å². The van der Waals surface area contributed by atoms with Gasteiger partial charge in [0.05, 0.1) is 28.4 Å². The molecule has 0 bridgehead atoms. The van der Waals surface area contributed by atoms with Gasteiger partial charge in [0.1, 0.15) is 10.6 Å². The first-order valence-corrected chi connectivity index (χ1v) is 8.38. The first-order valence-electron chi connectivity index (χ1n) is 6.14. The second-order valence-electron chi connectivity index (χ2n) is 4.37. The third-order valence-electron chi connectivity index (χ3n) is 2.89. The molecule has 2 aromatic rings. The number of sulfonamides is 1. The van der Waals surface area contributed by atoms with Crippen molar-refractivity contribution in [1.29, 1.82) is 0 Å². The molecule has 0 aliphatic carbocycles. The minimum absolute atomic E-state index is 0.154. The molecule has 0 saturated carbocycles. The lowest BCUT2D eigenvalue weighted by atomic mass is 10.2. The molecule has 0 heterocycles. The van der Waals surface area contributed by atoms with E-state index in [1.54, 1.807) is 18.2 Å². The summed E-state index contributed by atoms with van der Waals surface area (Å²) < 4.78 is 32.3. The fraction of sp³-hybridized carbons (Fsp3) is 0.0714. The minimum atomic E-state index is -4.13. The van der Waals surface area contributed by atoms with Gasteiger partial charge in [-0.05, 0) is 24.3 Å². The van der Waals surface area contributed by atoms with Crippen LogP contribution in [-0.2, 0) is 10.0 Å². The lowest BCUT2D eigenvalue weighted by molar-refractivity contribution is 0.0697. The summed E-state index contributed by atoms with van der Waals surface area (Å²) in [6.07, 6.45) is 0. The van der Waals surface area contributed by atoms with Crippen molar-refractivity contribution in [2.24, 2.45) is 0 Å². The van der Waals surface area contributed by atoms with Crippen LogP contribution in [0, 0.1) is 0 Å². The molecule has 2 N–H and O–H groups in total. The average Bonchev–Trinajstić information content (AvgIpc) is 2.46. The van der Waals surface area contributed by atoms with Crippen LogP contribution < -0.4 is 9.46 Å².